The van der Waals surface area contributed by atoms with E-state index in [9.17, 15) is 9.18 Å². The molecule has 4 aromatic carbocycles. The molecule has 0 aliphatic carbocycles. The number of hydrogen-bond donors (Lipinski definition) is 1. The summed E-state index contributed by atoms with van der Waals surface area (Å²) in [5, 5.41) is 7.43. The molecule has 1 aromatic heterocycles. The standard InChI is InChI=1S/C31H27FN4O4/c1-38-27-16-6-21(7-17-27)18-19-40-31-34-29(23-4-3-5-28(20-23)39-2)36(35-31)26-14-12-25(13-15-26)33-30(37)22-8-10-24(32)11-9-22/h3-17,20H,18-19H2,1-2H3,(H,33,37). The fourth-order valence-corrected chi connectivity index (χ4v) is 4.03. The predicted octanol–water partition coefficient (Wildman–Crippen LogP) is 5.96. The lowest BCUT2D eigenvalue weighted by atomic mass is 10.1. The van der Waals surface area contributed by atoms with E-state index in [2.05, 4.69) is 15.4 Å². The second-order valence-corrected chi connectivity index (χ2v) is 8.82. The summed E-state index contributed by atoms with van der Waals surface area (Å²) in [5.74, 6) is 1.33. The van der Waals surface area contributed by atoms with E-state index in [1.807, 2.05) is 60.7 Å². The smallest absolute Gasteiger partial charge is 0.336 e. The highest BCUT2D eigenvalue weighted by atomic mass is 19.1. The van der Waals surface area contributed by atoms with Gasteiger partial charge in [-0.1, -0.05) is 24.3 Å². The average molecular weight is 539 g/mol. The Morgan fingerprint density at radius 1 is 0.875 bits per heavy atom. The van der Waals surface area contributed by atoms with E-state index < -0.39 is 5.82 Å². The summed E-state index contributed by atoms with van der Waals surface area (Å²) in [7, 11) is 3.24. The second-order valence-electron chi connectivity index (χ2n) is 8.82. The number of nitrogens with zero attached hydrogens (tertiary/aromatic N) is 3. The van der Waals surface area contributed by atoms with Crippen LogP contribution < -0.4 is 19.5 Å². The molecule has 0 atom stereocenters. The highest BCUT2D eigenvalue weighted by Gasteiger charge is 2.16. The molecule has 1 heterocycles. The minimum atomic E-state index is -0.398. The van der Waals surface area contributed by atoms with Crippen molar-refractivity contribution < 1.29 is 23.4 Å². The fraction of sp³-hybridized carbons (Fsp3) is 0.129. The minimum absolute atomic E-state index is 0.236. The third-order valence-corrected chi connectivity index (χ3v) is 6.17. The Hall–Kier alpha value is -5.18. The maximum Gasteiger partial charge on any atom is 0.336 e. The van der Waals surface area contributed by atoms with Gasteiger partial charge in [-0.15, -0.1) is 5.10 Å². The van der Waals surface area contributed by atoms with Gasteiger partial charge in [0, 0.05) is 23.2 Å². The van der Waals surface area contributed by atoms with Crippen LogP contribution in [-0.2, 0) is 6.42 Å². The number of carbonyl (C=O) groups excluding carboxylic acids is 1. The number of methoxy groups -OCH3 is 2. The van der Waals surface area contributed by atoms with Crippen molar-refractivity contribution in [3.05, 3.63) is 114 Å². The van der Waals surface area contributed by atoms with E-state index in [1.54, 1.807) is 31.0 Å². The van der Waals surface area contributed by atoms with Gasteiger partial charge in [-0.2, -0.15) is 4.98 Å². The van der Waals surface area contributed by atoms with Crippen LogP contribution in [0.2, 0.25) is 0 Å². The summed E-state index contributed by atoms with van der Waals surface area (Å²) in [6.07, 6.45) is 0.676. The Bertz CT molecular complexity index is 1580. The third-order valence-electron chi connectivity index (χ3n) is 6.17. The molecule has 0 aliphatic heterocycles. The molecule has 9 heteroatoms. The van der Waals surface area contributed by atoms with Crippen LogP contribution in [0.1, 0.15) is 15.9 Å². The van der Waals surface area contributed by atoms with E-state index in [-0.39, 0.29) is 11.9 Å². The lowest BCUT2D eigenvalue weighted by molar-refractivity contribution is 0.102. The lowest BCUT2D eigenvalue weighted by Gasteiger charge is -2.09. The molecule has 5 rings (SSSR count). The van der Waals surface area contributed by atoms with E-state index in [4.69, 9.17) is 14.2 Å². The molecule has 0 fully saturated rings. The van der Waals surface area contributed by atoms with Crippen molar-refractivity contribution in [2.75, 3.05) is 26.1 Å². The van der Waals surface area contributed by atoms with Gasteiger partial charge in [0.15, 0.2) is 5.82 Å². The van der Waals surface area contributed by atoms with Gasteiger partial charge in [-0.25, -0.2) is 9.07 Å². The van der Waals surface area contributed by atoms with Gasteiger partial charge in [0.2, 0.25) is 0 Å². The molecule has 1 N–H and O–H groups in total. The first-order valence-electron chi connectivity index (χ1n) is 12.6. The van der Waals surface area contributed by atoms with Crippen LogP contribution >= 0.6 is 0 Å². The van der Waals surface area contributed by atoms with Crippen LogP contribution in [-0.4, -0.2) is 41.5 Å². The molecule has 0 radical (unpaired) electrons. The van der Waals surface area contributed by atoms with Crippen molar-refractivity contribution in [3.8, 4) is 34.6 Å². The Labute approximate surface area is 231 Å². The largest absolute Gasteiger partial charge is 0.497 e. The van der Waals surface area contributed by atoms with Gasteiger partial charge < -0.3 is 19.5 Å². The molecule has 8 nitrogen and oxygen atoms in total. The maximum absolute atomic E-state index is 13.2. The molecular formula is C31H27FN4O4. The van der Waals surface area contributed by atoms with Crippen molar-refractivity contribution in [2.45, 2.75) is 6.42 Å². The number of carbonyl (C=O) groups is 1. The first-order valence-corrected chi connectivity index (χ1v) is 12.6. The number of aromatic nitrogens is 3. The number of nitrogens with one attached hydrogen (secondary N) is 1. The predicted molar refractivity (Wildman–Crippen MR) is 150 cm³/mol. The van der Waals surface area contributed by atoms with Crippen molar-refractivity contribution in [2.24, 2.45) is 0 Å². The van der Waals surface area contributed by atoms with Gasteiger partial charge in [-0.05, 0) is 78.4 Å². The molecule has 1 amide bonds. The van der Waals surface area contributed by atoms with Crippen LogP contribution in [0.3, 0.4) is 0 Å². The van der Waals surface area contributed by atoms with Gasteiger partial charge in [0.05, 0.1) is 26.5 Å². The number of ether oxygens (including phenoxy) is 3. The normalized spacial score (nSPS) is 10.7. The topological polar surface area (TPSA) is 87.5 Å². The summed E-state index contributed by atoms with van der Waals surface area (Å²) in [6, 6.07) is 28.1. The zero-order valence-corrected chi connectivity index (χ0v) is 22.0. The van der Waals surface area contributed by atoms with E-state index in [0.29, 0.717) is 35.9 Å². The van der Waals surface area contributed by atoms with E-state index in [1.165, 1.54) is 24.3 Å². The zero-order chi connectivity index (χ0) is 27.9. The summed E-state index contributed by atoms with van der Waals surface area (Å²) in [6.45, 7) is 0.391. The average Bonchev–Trinajstić information content (AvgIpc) is 3.42. The van der Waals surface area contributed by atoms with Crippen LogP contribution in [0.15, 0.2) is 97.1 Å². The number of benzene rings is 4. The number of amides is 1. The Morgan fingerprint density at radius 3 is 2.30 bits per heavy atom. The van der Waals surface area contributed by atoms with Gasteiger partial charge in [0.1, 0.15) is 17.3 Å². The lowest BCUT2D eigenvalue weighted by Crippen LogP contribution is -2.11. The Kier molecular flexibility index (Phi) is 8.01. The van der Waals surface area contributed by atoms with Crippen molar-refractivity contribution in [1.29, 1.82) is 0 Å². The van der Waals surface area contributed by atoms with E-state index >= 15 is 0 Å². The Morgan fingerprint density at radius 2 is 1.60 bits per heavy atom. The molecule has 0 saturated carbocycles. The first kappa shape index (κ1) is 26.4. The summed E-state index contributed by atoms with van der Waals surface area (Å²) in [4.78, 5) is 17.2. The summed E-state index contributed by atoms with van der Waals surface area (Å²) < 4.78 is 31.4. The molecule has 40 heavy (non-hydrogen) atoms. The maximum atomic E-state index is 13.2. The number of anilines is 1. The highest BCUT2D eigenvalue weighted by molar-refractivity contribution is 6.04. The first-order chi connectivity index (χ1) is 19.5. The summed E-state index contributed by atoms with van der Waals surface area (Å²) >= 11 is 0. The van der Waals surface area contributed by atoms with Gasteiger partial charge in [-0.3, -0.25) is 4.79 Å². The molecule has 0 saturated heterocycles. The molecule has 202 valence electrons. The van der Waals surface area contributed by atoms with E-state index in [0.717, 1.165) is 22.6 Å². The SMILES string of the molecule is COc1ccc(CCOc2nc(-c3cccc(OC)c3)n(-c3ccc(NC(=O)c4ccc(F)cc4)cc3)n2)cc1. The van der Waals surface area contributed by atoms with Crippen molar-refractivity contribution in [1.82, 2.24) is 14.8 Å². The van der Waals surface area contributed by atoms with Crippen LogP contribution in [0.5, 0.6) is 17.5 Å². The number of hydrogen-bond acceptors (Lipinski definition) is 6. The molecular weight excluding hydrogens is 511 g/mol. The van der Waals surface area contributed by atoms with Crippen LogP contribution in [0.4, 0.5) is 10.1 Å². The molecule has 5 aromatic rings. The summed E-state index contributed by atoms with van der Waals surface area (Å²) in [5.41, 5.74) is 3.56. The molecule has 0 aliphatic rings. The molecule has 0 spiro atoms. The van der Waals surface area contributed by atoms with Gasteiger partial charge >= 0.3 is 6.01 Å². The fourth-order valence-electron chi connectivity index (χ4n) is 4.03. The molecule has 0 unspecified atom stereocenters. The van der Waals surface area contributed by atoms with Crippen LogP contribution in [0, 0.1) is 5.82 Å². The Balaban J connectivity index is 1.36. The second kappa shape index (κ2) is 12.1. The highest BCUT2D eigenvalue weighted by Crippen LogP contribution is 2.27. The zero-order valence-electron chi connectivity index (χ0n) is 22.0. The number of rotatable bonds is 10. The number of halogens is 1. The van der Waals surface area contributed by atoms with Crippen molar-refractivity contribution in [3.63, 3.8) is 0 Å². The van der Waals surface area contributed by atoms with Gasteiger partial charge in [0.25, 0.3) is 5.91 Å². The van der Waals surface area contributed by atoms with Crippen molar-refractivity contribution >= 4 is 11.6 Å². The quantitative estimate of drug-likeness (QED) is 0.236. The molecule has 0 bridgehead atoms. The monoisotopic (exact) mass is 538 g/mol. The minimum Gasteiger partial charge on any atom is -0.497 e. The third kappa shape index (κ3) is 6.27. The van der Waals surface area contributed by atoms with Crippen LogP contribution in [0.25, 0.3) is 17.1 Å².